The summed E-state index contributed by atoms with van der Waals surface area (Å²) in [5.41, 5.74) is 0.478. The van der Waals surface area contributed by atoms with Gasteiger partial charge in [0.15, 0.2) is 0 Å². The summed E-state index contributed by atoms with van der Waals surface area (Å²) in [6.45, 7) is 1.84. The third-order valence-electron chi connectivity index (χ3n) is 2.72. The summed E-state index contributed by atoms with van der Waals surface area (Å²) in [6, 6.07) is 4.96. The number of aliphatic hydroxyl groups is 1. The molecule has 1 amide bonds. The average Bonchev–Trinajstić information content (AvgIpc) is 2.98. The predicted molar refractivity (Wildman–Crippen MR) is 73.7 cm³/mol. The van der Waals surface area contributed by atoms with Crippen molar-refractivity contribution >= 4 is 21.8 Å². The van der Waals surface area contributed by atoms with Gasteiger partial charge in [0.1, 0.15) is 17.6 Å². The minimum atomic E-state index is -0.722. The van der Waals surface area contributed by atoms with Gasteiger partial charge in [-0.2, -0.15) is 0 Å². The third kappa shape index (κ3) is 3.71. The van der Waals surface area contributed by atoms with Crippen LogP contribution in [-0.4, -0.2) is 22.0 Å². The molecule has 0 aliphatic carbocycles. The quantitative estimate of drug-likeness (QED) is 0.790. The molecule has 2 aromatic rings. The van der Waals surface area contributed by atoms with E-state index in [1.807, 2.05) is 6.92 Å². The molecule has 0 unspecified atom stereocenters. The molecule has 0 bridgehead atoms. The van der Waals surface area contributed by atoms with Crippen LogP contribution in [0.15, 0.2) is 39.5 Å². The van der Waals surface area contributed by atoms with Gasteiger partial charge in [-0.3, -0.25) is 4.79 Å². The van der Waals surface area contributed by atoms with E-state index in [2.05, 4.69) is 26.2 Å². The zero-order chi connectivity index (χ0) is 13.8. The van der Waals surface area contributed by atoms with E-state index >= 15 is 0 Å². The summed E-state index contributed by atoms with van der Waals surface area (Å²) < 4.78 is 5.93. The first kappa shape index (κ1) is 13.9. The molecule has 2 heterocycles. The first-order valence-corrected chi connectivity index (χ1v) is 6.72. The number of amides is 1. The number of H-pyrrole nitrogens is 1. The highest BCUT2D eigenvalue weighted by molar-refractivity contribution is 9.10. The highest BCUT2D eigenvalue weighted by Gasteiger charge is 2.17. The smallest absolute Gasteiger partial charge is 0.267 e. The number of hydrogen-bond acceptors (Lipinski definition) is 3. The van der Waals surface area contributed by atoms with E-state index in [9.17, 15) is 9.90 Å². The summed E-state index contributed by atoms with van der Waals surface area (Å²) in [4.78, 5) is 14.7. The number of furan rings is 1. The minimum Gasteiger partial charge on any atom is -0.467 e. The van der Waals surface area contributed by atoms with Gasteiger partial charge < -0.3 is 19.8 Å². The van der Waals surface area contributed by atoms with Crippen molar-refractivity contribution in [2.24, 2.45) is 0 Å². The molecule has 0 aliphatic heterocycles. The Morgan fingerprint density at radius 2 is 2.42 bits per heavy atom. The maximum absolute atomic E-state index is 11.9. The summed E-state index contributed by atoms with van der Waals surface area (Å²) >= 11 is 3.27. The summed E-state index contributed by atoms with van der Waals surface area (Å²) in [5, 5.41) is 12.7. The van der Waals surface area contributed by atoms with Crippen LogP contribution >= 0.6 is 15.9 Å². The second kappa shape index (κ2) is 6.08. The molecule has 19 heavy (non-hydrogen) atoms. The number of rotatable bonds is 5. The summed E-state index contributed by atoms with van der Waals surface area (Å²) in [6.07, 6.45) is 2.87. The Labute approximate surface area is 119 Å². The van der Waals surface area contributed by atoms with Crippen LogP contribution in [0.3, 0.4) is 0 Å². The monoisotopic (exact) mass is 326 g/mol. The lowest BCUT2D eigenvalue weighted by Crippen LogP contribution is -2.33. The molecule has 0 saturated heterocycles. The maximum Gasteiger partial charge on any atom is 0.267 e. The molecule has 0 aromatic carbocycles. The van der Waals surface area contributed by atoms with Gasteiger partial charge in [-0.15, -0.1) is 0 Å². The van der Waals surface area contributed by atoms with E-state index in [1.165, 1.54) is 6.26 Å². The first-order valence-electron chi connectivity index (χ1n) is 5.92. The van der Waals surface area contributed by atoms with Crippen molar-refractivity contribution in [1.29, 1.82) is 0 Å². The molecule has 2 aromatic heterocycles. The highest BCUT2D eigenvalue weighted by atomic mass is 79.9. The van der Waals surface area contributed by atoms with Gasteiger partial charge in [0.05, 0.1) is 6.26 Å². The Hall–Kier alpha value is -1.53. The minimum absolute atomic E-state index is 0.172. The highest BCUT2D eigenvalue weighted by Crippen LogP contribution is 2.18. The second-order valence-electron chi connectivity index (χ2n) is 4.37. The lowest BCUT2D eigenvalue weighted by molar-refractivity contribution is 0.0899. The molecule has 3 N–H and O–H groups in total. The largest absolute Gasteiger partial charge is 0.467 e. The lowest BCUT2D eigenvalue weighted by Gasteiger charge is -2.16. The number of aromatic amines is 1. The molecule has 0 spiro atoms. The molecule has 0 saturated carbocycles. The zero-order valence-electron chi connectivity index (χ0n) is 10.4. The number of aliphatic hydroxyl groups excluding tert-OH is 1. The molecule has 2 atom stereocenters. The Morgan fingerprint density at radius 3 is 3.00 bits per heavy atom. The van der Waals surface area contributed by atoms with Gasteiger partial charge in [-0.25, -0.2) is 0 Å². The fraction of sp³-hybridized carbons (Fsp3) is 0.308. The van der Waals surface area contributed by atoms with E-state index in [4.69, 9.17) is 4.42 Å². The van der Waals surface area contributed by atoms with Crippen molar-refractivity contribution in [3.05, 3.63) is 46.6 Å². The van der Waals surface area contributed by atoms with Gasteiger partial charge in [-0.05, 0) is 41.1 Å². The fourth-order valence-electron chi connectivity index (χ4n) is 1.79. The van der Waals surface area contributed by atoms with Crippen LogP contribution in [0.25, 0.3) is 0 Å². The van der Waals surface area contributed by atoms with E-state index in [-0.39, 0.29) is 11.9 Å². The molecule has 0 aliphatic rings. The molecule has 102 valence electrons. The molecule has 6 heteroatoms. The van der Waals surface area contributed by atoms with Crippen LogP contribution in [0.4, 0.5) is 0 Å². The zero-order valence-corrected chi connectivity index (χ0v) is 12.0. The van der Waals surface area contributed by atoms with Crippen molar-refractivity contribution in [2.75, 3.05) is 0 Å². The van der Waals surface area contributed by atoms with Crippen LogP contribution in [0.5, 0.6) is 0 Å². The number of halogens is 1. The van der Waals surface area contributed by atoms with E-state index in [0.717, 1.165) is 4.47 Å². The van der Waals surface area contributed by atoms with Crippen molar-refractivity contribution in [1.82, 2.24) is 10.3 Å². The average molecular weight is 327 g/mol. The van der Waals surface area contributed by atoms with Crippen molar-refractivity contribution < 1.29 is 14.3 Å². The molecular weight excluding hydrogens is 312 g/mol. The normalized spacial score (nSPS) is 14.1. The SMILES string of the molecule is C[C@@H](C[C@H](O)c1ccco1)NC(=O)c1cc(Br)c[nH]1. The second-order valence-corrected chi connectivity index (χ2v) is 5.29. The number of nitrogens with one attached hydrogen (secondary N) is 2. The Bertz CT molecular complexity index is 536. The maximum atomic E-state index is 11.9. The van der Waals surface area contributed by atoms with Gasteiger partial charge in [0.2, 0.25) is 0 Å². The Morgan fingerprint density at radius 1 is 1.63 bits per heavy atom. The van der Waals surface area contributed by atoms with Crippen molar-refractivity contribution in [3.8, 4) is 0 Å². The third-order valence-corrected chi connectivity index (χ3v) is 3.18. The summed E-state index contributed by atoms with van der Waals surface area (Å²) in [5.74, 6) is 0.300. The van der Waals surface area contributed by atoms with Gasteiger partial charge in [0.25, 0.3) is 5.91 Å². The van der Waals surface area contributed by atoms with Crippen LogP contribution < -0.4 is 5.32 Å². The fourth-order valence-corrected chi connectivity index (χ4v) is 2.13. The van der Waals surface area contributed by atoms with Crippen molar-refractivity contribution in [3.63, 3.8) is 0 Å². The molecule has 5 nitrogen and oxygen atoms in total. The topological polar surface area (TPSA) is 78.3 Å². The number of aromatic nitrogens is 1. The summed E-state index contributed by atoms with van der Waals surface area (Å²) in [7, 11) is 0. The van der Waals surface area contributed by atoms with Crippen LogP contribution in [-0.2, 0) is 0 Å². The van der Waals surface area contributed by atoms with Crippen LogP contribution in [0.1, 0.15) is 35.7 Å². The number of carbonyl (C=O) groups excluding carboxylic acids is 1. The first-order chi connectivity index (χ1) is 9.06. The predicted octanol–water partition coefficient (Wildman–Crippen LogP) is 2.61. The Kier molecular flexibility index (Phi) is 4.44. The van der Waals surface area contributed by atoms with E-state index in [0.29, 0.717) is 17.9 Å². The van der Waals surface area contributed by atoms with Gasteiger partial charge in [-0.1, -0.05) is 0 Å². The molecule has 0 fully saturated rings. The molecule has 0 radical (unpaired) electrons. The number of hydrogen-bond donors (Lipinski definition) is 3. The molecular formula is C13H15BrN2O3. The molecule has 2 rings (SSSR count). The van der Waals surface area contributed by atoms with Crippen LogP contribution in [0, 0.1) is 0 Å². The van der Waals surface area contributed by atoms with Crippen LogP contribution in [0.2, 0.25) is 0 Å². The van der Waals surface area contributed by atoms with Gasteiger partial charge in [0, 0.05) is 23.1 Å². The standard InChI is InChI=1S/C13H15BrN2O3/c1-8(5-11(17)12-3-2-4-19-12)16-13(18)10-6-9(14)7-15-10/h2-4,6-8,11,15,17H,5H2,1H3,(H,16,18)/t8-,11-/m0/s1. The van der Waals surface area contributed by atoms with E-state index < -0.39 is 6.10 Å². The number of carbonyl (C=O) groups is 1. The van der Waals surface area contributed by atoms with E-state index in [1.54, 1.807) is 24.4 Å². The lowest BCUT2D eigenvalue weighted by atomic mass is 10.1. The van der Waals surface area contributed by atoms with Gasteiger partial charge >= 0.3 is 0 Å². The van der Waals surface area contributed by atoms with Crippen molar-refractivity contribution in [2.45, 2.75) is 25.5 Å². The Balaban J connectivity index is 1.87.